The van der Waals surface area contributed by atoms with Gasteiger partial charge < -0.3 is 10.6 Å². The second kappa shape index (κ2) is 6.55. The van der Waals surface area contributed by atoms with Crippen LogP contribution in [0.1, 0.15) is 31.4 Å². The number of hydrogen-bond acceptors (Lipinski definition) is 2. The minimum absolute atomic E-state index is 0.0209. The van der Waals surface area contributed by atoms with Gasteiger partial charge in [0.05, 0.1) is 6.04 Å². The van der Waals surface area contributed by atoms with Gasteiger partial charge in [0, 0.05) is 13.6 Å². The molecular formula is C15H24N2O. The predicted molar refractivity (Wildman–Crippen MR) is 75.1 cm³/mol. The zero-order valence-electron chi connectivity index (χ0n) is 11.8. The summed E-state index contributed by atoms with van der Waals surface area (Å²) in [6.45, 7) is 6.75. The lowest BCUT2D eigenvalue weighted by Gasteiger charge is -2.25. The Morgan fingerprint density at radius 1 is 1.39 bits per heavy atom. The van der Waals surface area contributed by atoms with Crippen molar-refractivity contribution < 1.29 is 4.79 Å². The van der Waals surface area contributed by atoms with E-state index in [1.54, 1.807) is 4.90 Å². The van der Waals surface area contributed by atoms with Crippen LogP contribution in [-0.4, -0.2) is 23.9 Å². The van der Waals surface area contributed by atoms with Gasteiger partial charge in [0.1, 0.15) is 0 Å². The third-order valence-electron chi connectivity index (χ3n) is 3.59. The number of hydrogen-bond donors (Lipinski definition) is 1. The van der Waals surface area contributed by atoms with E-state index in [1.807, 2.05) is 32.2 Å². The fourth-order valence-electron chi connectivity index (χ4n) is 1.87. The van der Waals surface area contributed by atoms with Crippen LogP contribution in [-0.2, 0) is 11.3 Å². The average molecular weight is 248 g/mol. The van der Waals surface area contributed by atoms with E-state index >= 15 is 0 Å². The number of amides is 1. The fraction of sp³-hybridized carbons (Fsp3) is 0.533. The smallest absolute Gasteiger partial charge is 0.239 e. The minimum atomic E-state index is -0.399. The first kappa shape index (κ1) is 14.7. The molecule has 3 nitrogen and oxygen atoms in total. The summed E-state index contributed by atoms with van der Waals surface area (Å²) in [5.74, 6) is 0.240. The first-order valence-corrected chi connectivity index (χ1v) is 6.52. The van der Waals surface area contributed by atoms with E-state index < -0.39 is 6.04 Å². The Morgan fingerprint density at radius 3 is 2.56 bits per heavy atom. The standard InChI is InChI=1S/C15H24N2O/c1-5-11(2)14(16)15(18)17(4)10-13-9-7-6-8-12(13)3/h6-9,11,14H,5,10,16H2,1-4H3/t11?,14-/m0/s1. The van der Waals surface area contributed by atoms with Gasteiger partial charge in [0.25, 0.3) is 0 Å². The molecule has 0 heterocycles. The first-order chi connectivity index (χ1) is 8.47. The molecule has 0 saturated carbocycles. The number of nitrogens with zero attached hydrogens (tertiary/aromatic N) is 1. The van der Waals surface area contributed by atoms with Crippen molar-refractivity contribution in [2.45, 2.75) is 39.8 Å². The van der Waals surface area contributed by atoms with Crippen molar-refractivity contribution in [1.82, 2.24) is 4.90 Å². The minimum Gasteiger partial charge on any atom is -0.340 e. The van der Waals surface area contributed by atoms with Gasteiger partial charge >= 0.3 is 0 Å². The summed E-state index contributed by atoms with van der Waals surface area (Å²) in [6.07, 6.45) is 0.922. The van der Waals surface area contributed by atoms with E-state index in [-0.39, 0.29) is 11.8 Å². The van der Waals surface area contributed by atoms with Crippen LogP contribution in [0.3, 0.4) is 0 Å². The summed E-state index contributed by atoms with van der Waals surface area (Å²) in [5, 5.41) is 0. The van der Waals surface area contributed by atoms with Gasteiger partial charge in [-0.15, -0.1) is 0 Å². The van der Waals surface area contributed by atoms with Crippen LogP contribution >= 0.6 is 0 Å². The van der Waals surface area contributed by atoms with E-state index in [1.165, 1.54) is 11.1 Å². The fourth-order valence-corrected chi connectivity index (χ4v) is 1.87. The van der Waals surface area contributed by atoms with Gasteiger partial charge in [-0.1, -0.05) is 44.5 Å². The molecule has 3 heteroatoms. The Morgan fingerprint density at radius 2 is 2.00 bits per heavy atom. The molecule has 0 radical (unpaired) electrons. The maximum absolute atomic E-state index is 12.2. The third kappa shape index (κ3) is 3.57. The Kier molecular flexibility index (Phi) is 5.35. The molecule has 0 spiro atoms. The van der Waals surface area contributed by atoms with Crippen LogP contribution in [0.2, 0.25) is 0 Å². The van der Waals surface area contributed by atoms with Crippen LogP contribution in [0.4, 0.5) is 0 Å². The van der Waals surface area contributed by atoms with Crippen molar-refractivity contribution in [3.05, 3.63) is 35.4 Å². The third-order valence-corrected chi connectivity index (χ3v) is 3.59. The quantitative estimate of drug-likeness (QED) is 0.869. The Bertz CT molecular complexity index is 403. The Balaban J connectivity index is 2.68. The van der Waals surface area contributed by atoms with Crippen LogP contribution in [0.25, 0.3) is 0 Å². The van der Waals surface area contributed by atoms with Crippen molar-refractivity contribution in [2.24, 2.45) is 11.7 Å². The van der Waals surface area contributed by atoms with E-state index in [0.29, 0.717) is 6.54 Å². The Labute approximate surface area is 110 Å². The average Bonchev–Trinajstić information content (AvgIpc) is 2.38. The maximum Gasteiger partial charge on any atom is 0.239 e. The lowest BCUT2D eigenvalue weighted by atomic mass is 9.98. The molecule has 1 unspecified atom stereocenters. The van der Waals surface area contributed by atoms with Gasteiger partial charge in [0.15, 0.2) is 0 Å². The summed E-state index contributed by atoms with van der Waals surface area (Å²) in [7, 11) is 1.82. The normalized spacial score (nSPS) is 14.1. The predicted octanol–water partition coefficient (Wildman–Crippen LogP) is 2.33. The van der Waals surface area contributed by atoms with Crippen LogP contribution in [0.5, 0.6) is 0 Å². The maximum atomic E-state index is 12.2. The number of aryl methyl sites for hydroxylation is 1. The van der Waals surface area contributed by atoms with Crippen LogP contribution in [0.15, 0.2) is 24.3 Å². The highest BCUT2D eigenvalue weighted by Gasteiger charge is 2.22. The molecule has 0 aliphatic heterocycles. The van der Waals surface area contributed by atoms with Crippen LogP contribution < -0.4 is 5.73 Å². The molecule has 18 heavy (non-hydrogen) atoms. The molecule has 2 atom stereocenters. The lowest BCUT2D eigenvalue weighted by molar-refractivity contribution is -0.132. The zero-order valence-corrected chi connectivity index (χ0v) is 11.8. The highest BCUT2D eigenvalue weighted by Crippen LogP contribution is 2.12. The molecule has 0 bridgehead atoms. The van der Waals surface area contributed by atoms with Gasteiger partial charge in [-0.25, -0.2) is 0 Å². The highest BCUT2D eigenvalue weighted by atomic mass is 16.2. The number of benzene rings is 1. The number of rotatable bonds is 5. The largest absolute Gasteiger partial charge is 0.340 e. The summed E-state index contributed by atoms with van der Waals surface area (Å²) in [4.78, 5) is 13.9. The molecule has 1 rings (SSSR count). The van der Waals surface area contributed by atoms with Crippen molar-refractivity contribution in [1.29, 1.82) is 0 Å². The highest BCUT2D eigenvalue weighted by molar-refractivity contribution is 5.81. The SMILES string of the molecule is CCC(C)[C@H](N)C(=O)N(C)Cc1ccccc1C. The molecular weight excluding hydrogens is 224 g/mol. The number of carbonyl (C=O) groups is 1. The van der Waals surface area contributed by atoms with Gasteiger partial charge in [-0.05, 0) is 24.0 Å². The van der Waals surface area contributed by atoms with Crippen molar-refractivity contribution in [2.75, 3.05) is 7.05 Å². The lowest BCUT2D eigenvalue weighted by Crippen LogP contribution is -2.45. The summed E-state index contributed by atoms with van der Waals surface area (Å²) >= 11 is 0. The van der Waals surface area contributed by atoms with Crippen LogP contribution in [0, 0.1) is 12.8 Å². The monoisotopic (exact) mass is 248 g/mol. The van der Waals surface area contributed by atoms with Gasteiger partial charge in [0.2, 0.25) is 5.91 Å². The van der Waals surface area contributed by atoms with Crippen molar-refractivity contribution >= 4 is 5.91 Å². The summed E-state index contributed by atoms with van der Waals surface area (Å²) in [5.41, 5.74) is 8.35. The molecule has 0 aromatic heterocycles. The molecule has 0 aliphatic rings. The summed E-state index contributed by atoms with van der Waals surface area (Å²) < 4.78 is 0. The topological polar surface area (TPSA) is 46.3 Å². The molecule has 1 aromatic carbocycles. The number of nitrogens with two attached hydrogens (primary N) is 1. The van der Waals surface area contributed by atoms with Crippen molar-refractivity contribution in [3.63, 3.8) is 0 Å². The Hall–Kier alpha value is -1.35. The molecule has 2 N–H and O–H groups in total. The first-order valence-electron chi connectivity index (χ1n) is 6.52. The number of carbonyl (C=O) groups excluding carboxylic acids is 1. The van der Waals surface area contributed by atoms with E-state index in [9.17, 15) is 4.79 Å². The van der Waals surface area contributed by atoms with E-state index in [2.05, 4.69) is 19.9 Å². The molecule has 1 aromatic rings. The molecule has 100 valence electrons. The second-order valence-corrected chi connectivity index (χ2v) is 5.03. The molecule has 0 fully saturated rings. The van der Waals surface area contributed by atoms with Gasteiger partial charge in [-0.2, -0.15) is 0 Å². The van der Waals surface area contributed by atoms with E-state index in [0.717, 1.165) is 6.42 Å². The zero-order chi connectivity index (χ0) is 13.7. The molecule has 1 amide bonds. The summed E-state index contributed by atoms with van der Waals surface area (Å²) in [6, 6.07) is 7.71. The second-order valence-electron chi connectivity index (χ2n) is 5.03. The van der Waals surface area contributed by atoms with E-state index in [4.69, 9.17) is 5.73 Å². The molecule has 0 saturated heterocycles. The number of likely N-dealkylation sites (N-methyl/N-ethyl adjacent to an activating group) is 1. The molecule has 0 aliphatic carbocycles. The van der Waals surface area contributed by atoms with Crippen molar-refractivity contribution in [3.8, 4) is 0 Å². The van der Waals surface area contributed by atoms with Gasteiger partial charge in [-0.3, -0.25) is 4.79 Å².